The molecule has 30 heavy (non-hydrogen) atoms. The number of ketones is 1. The number of aryl methyl sites for hydroxylation is 1. The van der Waals surface area contributed by atoms with E-state index in [0.29, 0.717) is 16.9 Å². The van der Waals surface area contributed by atoms with E-state index >= 15 is 0 Å². The number of amides is 1. The zero-order valence-corrected chi connectivity index (χ0v) is 17.5. The van der Waals surface area contributed by atoms with Gasteiger partial charge >= 0.3 is 0 Å². The molecule has 0 aromatic heterocycles. The molecule has 7 heteroatoms. The molecule has 0 aliphatic carbocycles. The number of nitrogens with zero attached hydrogens (tertiary/aromatic N) is 1. The summed E-state index contributed by atoms with van der Waals surface area (Å²) in [5.41, 5.74) is 2.17. The Kier molecular flexibility index (Phi) is 6.32. The topological polar surface area (TPSA) is 83.6 Å². The number of sulfonamides is 1. The molecule has 154 valence electrons. The lowest BCUT2D eigenvalue weighted by Gasteiger charge is -2.25. The Labute approximate surface area is 176 Å². The van der Waals surface area contributed by atoms with Gasteiger partial charge in [-0.25, -0.2) is 8.42 Å². The minimum Gasteiger partial charge on any atom is -0.325 e. The number of hydrogen-bond acceptors (Lipinski definition) is 4. The van der Waals surface area contributed by atoms with Crippen molar-refractivity contribution in [1.82, 2.24) is 0 Å². The van der Waals surface area contributed by atoms with Crippen LogP contribution in [-0.2, 0) is 14.8 Å². The van der Waals surface area contributed by atoms with Crippen LogP contribution < -0.4 is 9.62 Å². The third-order valence-corrected chi connectivity index (χ3v) is 6.35. The Balaban J connectivity index is 1.90. The summed E-state index contributed by atoms with van der Waals surface area (Å²) in [6, 6.07) is 21.4. The molecule has 0 spiro atoms. The number of benzene rings is 3. The second-order valence-electron chi connectivity index (χ2n) is 6.79. The van der Waals surface area contributed by atoms with Crippen molar-refractivity contribution in [3.8, 4) is 0 Å². The molecule has 0 aliphatic rings. The van der Waals surface area contributed by atoms with Gasteiger partial charge in [-0.05, 0) is 61.9 Å². The van der Waals surface area contributed by atoms with Gasteiger partial charge in [0.15, 0.2) is 5.78 Å². The summed E-state index contributed by atoms with van der Waals surface area (Å²) < 4.78 is 27.7. The Morgan fingerprint density at radius 2 is 1.47 bits per heavy atom. The summed E-state index contributed by atoms with van der Waals surface area (Å²) in [5, 5.41) is 2.69. The minimum atomic E-state index is -3.95. The standard InChI is InChI=1S/C23H22N2O4S/c1-17-8-6-7-11-22(17)25(30(28,29)21-9-4-3-5-10-21)16-23(27)24-20-14-12-19(13-15-20)18(2)26/h3-15H,16H2,1-2H3,(H,24,27). The third-order valence-electron chi connectivity index (χ3n) is 4.58. The summed E-state index contributed by atoms with van der Waals surface area (Å²) in [5.74, 6) is -0.569. The molecular formula is C23H22N2O4S. The van der Waals surface area contributed by atoms with Crippen LogP contribution in [0.25, 0.3) is 0 Å². The van der Waals surface area contributed by atoms with Crippen LogP contribution in [0.2, 0.25) is 0 Å². The molecule has 0 heterocycles. The third kappa shape index (κ3) is 4.75. The molecule has 0 bridgehead atoms. The summed E-state index contributed by atoms with van der Waals surface area (Å²) >= 11 is 0. The molecule has 3 aromatic carbocycles. The zero-order valence-electron chi connectivity index (χ0n) is 16.7. The van der Waals surface area contributed by atoms with E-state index in [9.17, 15) is 18.0 Å². The van der Waals surface area contributed by atoms with Crippen LogP contribution in [0.4, 0.5) is 11.4 Å². The SMILES string of the molecule is CC(=O)c1ccc(NC(=O)CN(c2ccccc2C)S(=O)(=O)c2ccccc2)cc1. The smallest absolute Gasteiger partial charge is 0.264 e. The molecule has 0 radical (unpaired) electrons. The fraction of sp³-hybridized carbons (Fsp3) is 0.130. The molecule has 6 nitrogen and oxygen atoms in total. The molecule has 0 fully saturated rings. The van der Waals surface area contributed by atoms with Crippen molar-refractivity contribution < 1.29 is 18.0 Å². The van der Waals surface area contributed by atoms with Gasteiger partial charge in [-0.15, -0.1) is 0 Å². The lowest BCUT2D eigenvalue weighted by atomic mass is 10.1. The average molecular weight is 423 g/mol. The Morgan fingerprint density at radius 1 is 0.867 bits per heavy atom. The maximum absolute atomic E-state index is 13.3. The first-order valence-electron chi connectivity index (χ1n) is 9.33. The number of nitrogens with one attached hydrogen (secondary N) is 1. The van der Waals surface area contributed by atoms with E-state index in [-0.39, 0.29) is 10.7 Å². The Bertz CT molecular complexity index is 1160. The maximum atomic E-state index is 13.3. The average Bonchev–Trinajstić information content (AvgIpc) is 2.73. The van der Waals surface area contributed by atoms with Crippen molar-refractivity contribution in [2.24, 2.45) is 0 Å². The maximum Gasteiger partial charge on any atom is 0.264 e. The molecule has 0 atom stereocenters. The number of rotatable bonds is 7. The van der Waals surface area contributed by atoms with Crippen LogP contribution in [0.15, 0.2) is 83.8 Å². The highest BCUT2D eigenvalue weighted by Gasteiger charge is 2.28. The van der Waals surface area contributed by atoms with E-state index in [2.05, 4.69) is 5.32 Å². The molecule has 0 saturated heterocycles. The summed E-state index contributed by atoms with van der Waals surface area (Å²) in [6.45, 7) is 2.86. The predicted octanol–water partition coefficient (Wildman–Crippen LogP) is 4.03. The molecule has 0 aliphatic heterocycles. The van der Waals surface area contributed by atoms with Gasteiger partial charge in [0, 0.05) is 11.3 Å². The molecule has 1 N–H and O–H groups in total. The van der Waals surface area contributed by atoms with E-state index in [0.717, 1.165) is 9.87 Å². The van der Waals surface area contributed by atoms with Crippen molar-refractivity contribution in [2.75, 3.05) is 16.2 Å². The van der Waals surface area contributed by atoms with Crippen molar-refractivity contribution in [1.29, 1.82) is 0 Å². The van der Waals surface area contributed by atoms with Gasteiger partial charge in [-0.1, -0.05) is 36.4 Å². The van der Waals surface area contributed by atoms with E-state index in [1.54, 1.807) is 67.6 Å². The first kappa shape index (κ1) is 21.3. The van der Waals surface area contributed by atoms with E-state index in [4.69, 9.17) is 0 Å². The number of Topliss-reactive ketones (excluding diaryl/α,β-unsaturated/α-hetero) is 1. The van der Waals surface area contributed by atoms with Crippen LogP contribution in [0, 0.1) is 6.92 Å². The van der Waals surface area contributed by atoms with Crippen molar-refractivity contribution in [3.05, 3.63) is 90.0 Å². The zero-order chi connectivity index (χ0) is 21.7. The highest BCUT2D eigenvalue weighted by molar-refractivity contribution is 7.92. The van der Waals surface area contributed by atoms with Crippen molar-refractivity contribution in [3.63, 3.8) is 0 Å². The predicted molar refractivity (Wildman–Crippen MR) is 117 cm³/mol. The first-order chi connectivity index (χ1) is 14.3. The van der Waals surface area contributed by atoms with Crippen LogP contribution in [-0.4, -0.2) is 26.7 Å². The number of carbonyl (C=O) groups is 2. The van der Waals surface area contributed by atoms with E-state index in [1.165, 1.54) is 19.1 Å². The molecule has 1 amide bonds. The van der Waals surface area contributed by atoms with Gasteiger partial charge in [0.2, 0.25) is 5.91 Å². The second-order valence-corrected chi connectivity index (χ2v) is 8.66. The summed E-state index contributed by atoms with van der Waals surface area (Å²) in [7, 11) is -3.95. The lowest BCUT2D eigenvalue weighted by Crippen LogP contribution is -2.38. The van der Waals surface area contributed by atoms with Gasteiger partial charge in [0.05, 0.1) is 10.6 Å². The normalized spacial score (nSPS) is 11.0. The molecule has 0 unspecified atom stereocenters. The van der Waals surface area contributed by atoms with Crippen molar-refractivity contribution >= 4 is 33.1 Å². The number of carbonyl (C=O) groups excluding carboxylic acids is 2. The quantitative estimate of drug-likeness (QED) is 0.583. The Hall–Kier alpha value is -3.45. The monoisotopic (exact) mass is 422 g/mol. The van der Waals surface area contributed by atoms with E-state index in [1.807, 2.05) is 6.07 Å². The molecule has 0 saturated carbocycles. The second kappa shape index (κ2) is 8.92. The molecule has 3 rings (SSSR count). The summed E-state index contributed by atoms with van der Waals surface area (Å²) in [4.78, 5) is 24.2. The van der Waals surface area contributed by atoms with Gasteiger partial charge in [0.25, 0.3) is 10.0 Å². The fourth-order valence-electron chi connectivity index (χ4n) is 2.98. The minimum absolute atomic E-state index is 0.0763. The summed E-state index contributed by atoms with van der Waals surface area (Å²) in [6.07, 6.45) is 0. The number of anilines is 2. The van der Waals surface area contributed by atoms with Gasteiger partial charge in [-0.3, -0.25) is 13.9 Å². The number of para-hydroxylation sites is 1. The fourth-order valence-corrected chi connectivity index (χ4v) is 4.49. The van der Waals surface area contributed by atoms with Gasteiger partial charge in [-0.2, -0.15) is 0 Å². The van der Waals surface area contributed by atoms with Crippen LogP contribution >= 0.6 is 0 Å². The van der Waals surface area contributed by atoms with Crippen LogP contribution in [0.3, 0.4) is 0 Å². The van der Waals surface area contributed by atoms with Gasteiger partial charge < -0.3 is 5.32 Å². The Morgan fingerprint density at radius 3 is 2.07 bits per heavy atom. The highest BCUT2D eigenvalue weighted by Crippen LogP contribution is 2.26. The molecule has 3 aromatic rings. The van der Waals surface area contributed by atoms with Crippen LogP contribution in [0.1, 0.15) is 22.8 Å². The molecular weight excluding hydrogens is 400 g/mol. The van der Waals surface area contributed by atoms with E-state index < -0.39 is 22.5 Å². The lowest BCUT2D eigenvalue weighted by molar-refractivity contribution is -0.114. The largest absolute Gasteiger partial charge is 0.325 e. The number of hydrogen-bond donors (Lipinski definition) is 1. The van der Waals surface area contributed by atoms with Crippen LogP contribution in [0.5, 0.6) is 0 Å². The first-order valence-corrected chi connectivity index (χ1v) is 10.8. The van der Waals surface area contributed by atoms with Crippen molar-refractivity contribution in [2.45, 2.75) is 18.7 Å². The van der Waals surface area contributed by atoms with Gasteiger partial charge in [0.1, 0.15) is 6.54 Å². The highest BCUT2D eigenvalue weighted by atomic mass is 32.2.